The van der Waals surface area contributed by atoms with E-state index in [4.69, 9.17) is 9.47 Å². The molecule has 1 aliphatic heterocycles. The first-order valence-corrected chi connectivity index (χ1v) is 6.46. The van der Waals surface area contributed by atoms with Crippen molar-refractivity contribution in [2.45, 2.75) is 77.7 Å². The highest BCUT2D eigenvalue weighted by molar-refractivity contribution is 5.68. The Balaban J connectivity index is 2.44. The van der Waals surface area contributed by atoms with Gasteiger partial charge in [0.05, 0.1) is 18.2 Å². The molecular weight excluding hydrogens is 218 g/mol. The normalized spacial score (nSPS) is 26.6. The van der Waals surface area contributed by atoms with Gasteiger partial charge in [0.15, 0.2) is 0 Å². The van der Waals surface area contributed by atoms with E-state index in [9.17, 15) is 4.79 Å². The van der Waals surface area contributed by atoms with Crippen LogP contribution in [0.5, 0.6) is 0 Å². The number of carbonyl (C=O) groups excluding carboxylic acids is 1. The van der Waals surface area contributed by atoms with Crippen molar-refractivity contribution in [3.05, 3.63) is 0 Å². The Hall–Kier alpha value is -0.770. The van der Waals surface area contributed by atoms with E-state index < -0.39 is 5.60 Å². The Labute approximate surface area is 104 Å². The van der Waals surface area contributed by atoms with Crippen molar-refractivity contribution >= 4 is 6.09 Å². The van der Waals surface area contributed by atoms with Crippen molar-refractivity contribution in [3.63, 3.8) is 0 Å². The van der Waals surface area contributed by atoms with Gasteiger partial charge < -0.3 is 14.8 Å². The smallest absolute Gasteiger partial charge is 0.407 e. The van der Waals surface area contributed by atoms with Gasteiger partial charge in [0.2, 0.25) is 0 Å². The summed E-state index contributed by atoms with van der Waals surface area (Å²) in [4.78, 5) is 11.7. The SMILES string of the molecule is CCC(NC(=O)OC(C)(C)C)C1CCC(C)O1. The molecule has 0 aliphatic carbocycles. The van der Waals surface area contributed by atoms with Crippen LogP contribution in [0.25, 0.3) is 0 Å². The lowest BCUT2D eigenvalue weighted by molar-refractivity contribution is 0.0178. The van der Waals surface area contributed by atoms with Crippen LogP contribution in [-0.2, 0) is 9.47 Å². The number of hydrogen-bond acceptors (Lipinski definition) is 3. The summed E-state index contributed by atoms with van der Waals surface area (Å²) in [5, 5.41) is 2.90. The monoisotopic (exact) mass is 243 g/mol. The van der Waals surface area contributed by atoms with Crippen LogP contribution in [-0.4, -0.2) is 29.9 Å². The molecule has 0 spiro atoms. The van der Waals surface area contributed by atoms with E-state index >= 15 is 0 Å². The Kier molecular flexibility index (Phi) is 4.80. The zero-order valence-electron chi connectivity index (χ0n) is 11.6. The van der Waals surface area contributed by atoms with Gasteiger partial charge in [-0.2, -0.15) is 0 Å². The molecule has 0 saturated carbocycles. The maximum Gasteiger partial charge on any atom is 0.407 e. The molecule has 100 valence electrons. The second-order valence-electron chi connectivity index (χ2n) is 5.72. The maximum absolute atomic E-state index is 11.7. The molecule has 3 unspecified atom stereocenters. The predicted octanol–water partition coefficient (Wildman–Crippen LogP) is 2.86. The summed E-state index contributed by atoms with van der Waals surface area (Å²) in [6, 6.07) is 0.0507. The molecule has 17 heavy (non-hydrogen) atoms. The van der Waals surface area contributed by atoms with E-state index in [0.717, 1.165) is 19.3 Å². The van der Waals surface area contributed by atoms with Gasteiger partial charge in [0, 0.05) is 0 Å². The topological polar surface area (TPSA) is 47.6 Å². The minimum Gasteiger partial charge on any atom is -0.444 e. The predicted molar refractivity (Wildman–Crippen MR) is 67.0 cm³/mol. The highest BCUT2D eigenvalue weighted by Crippen LogP contribution is 2.23. The Morgan fingerprint density at radius 2 is 2.12 bits per heavy atom. The molecule has 0 aromatic rings. The fraction of sp³-hybridized carbons (Fsp3) is 0.923. The maximum atomic E-state index is 11.7. The number of rotatable bonds is 3. The molecule has 1 rings (SSSR count). The molecule has 0 bridgehead atoms. The lowest BCUT2D eigenvalue weighted by atomic mass is 10.1. The first kappa shape index (κ1) is 14.3. The first-order chi connectivity index (χ1) is 7.81. The van der Waals surface area contributed by atoms with E-state index in [1.54, 1.807) is 0 Å². The number of amides is 1. The van der Waals surface area contributed by atoms with Gasteiger partial charge in [-0.25, -0.2) is 4.79 Å². The molecular formula is C13H25NO3. The fourth-order valence-corrected chi connectivity index (χ4v) is 2.05. The van der Waals surface area contributed by atoms with Crippen molar-refractivity contribution in [2.24, 2.45) is 0 Å². The number of nitrogens with one attached hydrogen (secondary N) is 1. The second-order valence-corrected chi connectivity index (χ2v) is 5.72. The summed E-state index contributed by atoms with van der Waals surface area (Å²) in [6.45, 7) is 9.71. The number of hydrogen-bond donors (Lipinski definition) is 1. The van der Waals surface area contributed by atoms with Crippen LogP contribution in [0.2, 0.25) is 0 Å². The van der Waals surface area contributed by atoms with Crippen molar-refractivity contribution in [2.75, 3.05) is 0 Å². The highest BCUT2D eigenvalue weighted by atomic mass is 16.6. The molecule has 0 radical (unpaired) electrons. The number of alkyl carbamates (subject to hydrolysis) is 1. The minimum atomic E-state index is -0.452. The second kappa shape index (κ2) is 5.71. The minimum absolute atomic E-state index is 0.0507. The van der Waals surface area contributed by atoms with Gasteiger partial charge in [0.1, 0.15) is 5.60 Å². The zero-order chi connectivity index (χ0) is 13.1. The summed E-state index contributed by atoms with van der Waals surface area (Å²) in [7, 11) is 0. The average molecular weight is 243 g/mol. The molecule has 1 aliphatic rings. The third-order valence-corrected chi connectivity index (χ3v) is 2.86. The molecule has 1 amide bonds. The van der Waals surface area contributed by atoms with Crippen molar-refractivity contribution in [3.8, 4) is 0 Å². The van der Waals surface area contributed by atoms with Crippen LogP contribution in [0.4, 0.5) is 4.79 Å². The molecule has 1 N–H and O–H groups in total. The molecule has 1 saturated heterocycles. The van der Waals surface area contributed by atoms with Crippen molar-refractivity contribution in [1.82, 2.24) is 5.32 Å². The summed E-state index contributed by atoms with van der Waals surface area (Å²) in [6.07, 6.45) is 3.01. The van der Waals surface area contributed by atoms with Crippen LogP contribution >= 0.6 is 0 Å². The van der Waals surface area contributed by atoms with E-state index in [1.807, 2.05) is 27.7 Å². The third kappa shape index (κ3) is 4.94. The summed E-state index contributed by atoms with van der Waals surface area (Å²) in [5.74, 6) is 0. The average Bonchev–Trinajstić information content (AvgIpc) is 2.58. The first-order valence-electron chi connectivity index (χ1n) is 6.46. The molecule has 4 heteroatoms. The lowest BCUT2D eigenvalue weighted by Crippen LogP contribution is -2.45. The molecule has 3 atom stereocenters. The molecule has 1 fully saturated rings. The van der Waals surface area contributed by atoms with Crippen molar-refractivity contribution < 1.29 is 14.3 Å². The van der Waals surface area contributed by atoms with Gasteiger partial charge in [-0.15, -0.1) is 0 Å². The van der Waals surface area contributed by atoms with Gasteiger partial charge in [-0.1, -0.05) is 6.92 Å². The molecule has 1 heterocycles. The summed E-state index contributed by atoms with van der Waals surface area (Å²) >= 11 is 0. The molecule has 4 nitrogen and oxygen atoms in total. The van der Waals surface area contributed by atoms with E-state index in [0.29, 0.717) is 6.10 Å². The fourth-order valence-electron chi connectivity index (χ4n) is 2.05. The highest BCUT2D eigenvalue weighted by Gasteiger charge is 2.30. The van der Waals surface area contributed by atoms with E-state index in [-0.39, 0.29) is 18.2 Å². The Morgan fingerprint density at radius 1 is 1.47 bits per heavy atom. The Bertz CT molecular complexity index is 260. The standard InChI is InChI=1S/C13H25NO3/c1-6-10(11-8-7-9(2)16-11)14-12(15)17-13(3,4)5/h9-11H,6-8H2,1-5H3,(H,14,15). The van der Waals surface area contributed by atoms with Crippen LogP contribution in [0, 0.1) is 0 Å². The largest absolute Gasteiger partial charge is 0.444 e. The quantitative estimate of drug-likeness (QED) is 0.829. The van der Waals surface area contributed by atoms with Gasteiger partial charge in [-0.05, 0) is 47.0 Å². The van der Waals surface area contributed by atoms with E-state index in [1.165, 1.54) is 0 Å². The van der Waals surface area contributed by atoms with Crippen LogP contribution in [0.3, 0.4) is 0 Å². The number of carbonyl (C=O) groups is 1. The van der Waals surface area contributed by atoms with Crippen LogP contribution in [0.1, 0.15) is 53.9 Å². The molecule has 0 aromatic carbocycles. The molecule has 0 aromatic heterocycles. The van der Waals surface area contributed by atoms with Gasteiger partial charge in [-0.3, -0.25) is 0 Å². The zero-order valence-corrected chi connectivity index (χ0v) is 11.6. The van der Waals surface area contributed by atoms with Gasteiger partial charge in [0.25, 0.3) is 0 Å². The van der Waals surface area contributed by atoms with Gasteiger partial charge >= 0.3 is 6.09 Å². The third-order valence-electron chi connectivity index (χ3n) is 2.86. The summed E-state index contributed by atoms with van der Waals surface area (Å²) in [5.41, 5.74) is -0.452. The van der Waals surface area contributed by atoms with E-state index in [2.05, 4.69) is 12.2 Å². The van der Waals surface area contributed by atoms with Crippen molar-refractivity contribution in [1.29, 1.82) is 0 Å². The summed E-state index contributed by atoms with van der Waals surface area (Å²) < 4.78 is 11.0. The Morgan fingerprint density at radius 3 is 2.53 bits per heavy atom. The number of ether oxygens (including phenoxy) is 2. The van der Waals surface area contributed by atoms with Crippen LogP contribution < -0.4 is 5.32 Å². The lowest BCUT2D eigenvalue weighted by Gasteiger charge is -2.26. The van der Waals surface area contributed by atoms with Crippen LogP contribution in [0.15, 0.2) is 0 Å².